The lowest BCUT2D eigenvalue weighted by Crippen LogP contribution is -2.57. The van der Waals surface area contributed by atoms with Crippen LogP contribution in [0.2, 0.25) is 5.02 Å². The molecular weight excluding hydrogens is 651 g/mol. The highest BCUT2D eigenvalue weighted by Gasteiger charge is 2.37. The van der Waals surface area contributed by atoms with E-state index in [4.69, 9.17) is 11.6 Å². The summed E-state index contributed by atoms with van der Waals surface area (Å²) in [6, 6.07) is 7.93. The molecule has 3 aliphatic rings. The number of halogens is 4. The van der Waals surface area contributed by atoms with E-state index in [9.17, 15) is 32.7 Å². The number of fused-ring (bicyclic) bond motifs is 1. The normalized spacial score (nSPS) is 19.9. The van der Waals surface area contributed by atoms with Gasteiger partial charge >= 0.3 is 17.9 Å². The first-order valence-electron chi connectivity index (χ1n) is 16.4. The molecule has 3 N–H and O–H groups in total. The maximum absolute atomic E-state index is 14.0. The van der Waals surface area contributed by atoms with Crippen molar-refractivity contribution in [3.63, 3.8) is 0 Å². The van der Waals surface area contributed by atoms with Crippen LogP contribution in [0.25, 0.3) is 11.0 Å². The molecule has 260 valence electrons. The number of nitrogens with zero attached hydrogens (tertiary/aromatic N) is 5. The van der Waals surface area contributed by atoms with Crippen LogP contribution in [0.5, 0.6) is 5.75 Å². The fourth-order valence-corrected chi connectivity index (χ4v) is 7.53. The zero-order valence-corrected chi connectivity index (χ0v) is 27.6. The Labute approximate surface area is 281 Å². The molecule has 3 aliphatic heterocycles. The van der Waals surface area contributed by atoms with Crippen molar-refractivity contribution >= 4 is 34.6 Å². The lowest BCUT2D eigenvalue weighted by atomic mass is 9.98. The molecule has 0 radical (unpaired) electrons. The molecule has 11 nitrogen and oxygen atoms in total. The van der Waals surface area contributed by atoms with E-state index in [2.05, 4.69) is 27.1 Å². The predicted molar refractivity (Wildman–Crippen MR) is 175 cm³/mol. The molecule has 0 bridgehead atoms. The van der Waals surface area contributed by atoms with Gasteiger partial charge in [-0.3, -0.25) is 14.3 Å². The first kappa shape index (κ1) is 34.1. The second-order valence-electron chi connectivity index (χ2n) is 13.1. The van der Waals surface area contributed by atoms with Crippen molar-refractivity contribution < 1.29 is 27.9 Å². The van der Waals surface area contributed by atoms with Crippen molar-refractivity contribution in [1.82, 2.24) is 34.5 Å². The molecule has 15 heteroatoms. The maximum Gasteiger partial charge on any atom is 0.420 e. The molecule has 3 aromatic rings. The number of hydrogen-bond acceptors (Lipinski definition) is 6. The molecule has 0 saturated carbocycles. The Kier molecular flexibility index (Phi) is 9.96. The highest BCUT2D eigenvalue weighted by atomic mass is 35.5. The minimum absolute atomic E-state index is 0.0634. The number of piperazine rings is 1. The number of nitrogens with one attached hydrogen (secondary N) is 2. The topological polar surface area (TPSA) is 117 Å². The largest absolute Gasteiger partial charge is 0.506 e. The van der Waals surface area contributed by atoms with E-state index in [-0.39, 0.29) is 29.6 Å². The summed E-state index contributed by atoms with van der Waals surface area (Å²) in [5, 5.41) is 12.3. The number of likely N-dealkylation sites (N-methyl/N-ethyl adjacent to an activating group) is 1. The number of benzene rings is 2. The number of carbonyl (C=O) groups is 2. The summed E-state index contributed by atoms with van der Waals surface area (Å²) in [4.78, 5) is 51.2. The van der Waals surface area contributed by atoms with Gasteiger partial charge in [0, 0.05) is 70.9 Å². The van der Waals surface area contributed by atoms with Crippen molar-refractivity contribution in [2.45, 2.75) is 56.4 Å². The number of urea groups is 1. The van der Waals surface area contributed by atoms with Gasteiger partial charge in [0.2, 0.25) is 5.91 Å². The van der Waals surface area contributed by atoms with Crippen LogP contribution in [0.1, 0.15) is 42.9 Å². The summed E-state index contributed by atoms with van der Waals surface area (Å²) >= 11 is 5.99. The number of piperidine rings is 2. The number of amides is 3. The third kappa shape index (κ3) is 7.30. The van der Waals surface area contributed by atoms with Crippen LogP contribution >= 0.6 is 11.6 Å². The van der Waals surface area contributed by atoms with Crippen molar-refractivity contribution in [3.8, 4) is 5.75 Å². The number of aromatic amines is 1. The van der Waals surface area contributed by atoms with Gasteiger partial charge in [0.15, 0.2) is 0 Å². The van der Waals surface area contributed by atoms with Gasteiger partial charge in [0.25, 0.3) is 0 Å². The summed E-state index contributed by atoms with van der Waals surface area (Å²) in [6.07, 6.45) is -2.56. The minimum atomic E-state index is -4.87. The van der Waals surface area contributed by atoms with Crippen LogP contribution < -0.4 is 11.0 Å². The fraction of sp³-hybridized carbons (Fsp3) is 0.545. The molecule has 48 heavy (non-hydrogen) atoms. The molecule has 1 aromatic heterocycles. The molecule has 0 aliphatic carbocycles. The molecule has 3 fully saturated rings. The lowest BCUT2D eigenvalue weighted by Gasteiger charge is -2.42. The Morgan fingerprint density at radius 3 is 2.25 bits per heavy atom. The SMILES string of the molecule is CN1CCN(C2CCN(C(=O)[C@@H](Cc3cc(Cl)c(O)c(C(F)(F)F)c3)NC(=O)N3CCC(n4c(=O)[nH]c5ccccc54)CC3)CC2)CC1. The Morgan fingerprint density at radius 2 is 1.58 bits per heavy atom. The average Bonchev–Trinajstić information content (AvgIpc) is 3.41. The van der Waals surface area contributed by atoms with Gasteiger partial charge in [-0.1, -0.05) is 23.7 Å². The standard InChI is InChI=1S/C33H41ClF3N7O4/c1-40-14-16-41(17-15-40)22-6-10-42(11-7-22)30(46)27(20-21-18-24(33(35,36)37)29(45)25(34)19-21)39-31(47)43-12-8-23(9-13-43)44-28-5-3-2-4-26(28)38-32(44)48/h2-5,18-19,22-23,27,45H,6-17,20H2,1H3,(H,38,48)(H,39,47)/t27-/m1/s1. The number of carbonyl (C=O) groups excluding carboxylic acids is 2. The van der Waals surface area contributed by atoms with E-state index in [1.165, 1.54) is 6.07 Å². The number of aromatic hydroxyl groups is 1. The number of likely N-dealkylation sites (tertiary alicyclic amines) is 2. The molecule has 3 amide bonds. The van der Waals surface area contributed by atoms with Crippen LogP contribution in [0, 0.1) is 0 Å². The number of H-pyrrole nitrogens is 1. The Balaban J connectivity index is 1.16. The summed E-state index contributed by atoms with van der Waals surface area (Å²) in [5.74, 6) is -1.46. The van der Waals surface area contributed by atoms with Crippen LogP contribution in [-0.4, -0.2) is 118 Å². The fourth-order valence-electron chi connectivity index (χ4n) is 7.29. The highest BCUT2D eigenvalue weighted by molar-refractivity contribution is 6.32. The smallest absolute Gasteiger partial charge is 0.420 e. The van der Waals surface area contributed by atoms with Gasteiger partial charge < -0.3 is 30.1 Å². The van der Waals surface area contributed by atoms with Crippen LogP contribution in [-0.2, 0) is 17.4 Å². The monoisotopic (exact) mass is 691 g/mol. The Bertz CT molecular complexity index is 1690. The second-order valence-corrected chi connectivity index (χ2v) is 13.5. The van der Waals surface area contributed by atoms with Gasteiger partial charge in [-0.2, -0.15) is 13.2 Å². The second kappa shape index (κ2) is 14.0. The first-order chi connectivity index (χ1) is 22.9. The van der Waals surface area contributed by atoms with Crippen molar-refractivity contribution in [3.05, 3.63) is 63.0 Å². The van der Waals surface area contributed by atoms with E-state index in [1.54, 1.807) is 14.4 Å². The maximum atomic E-state index is 14.0. The number of rotatable bonds is 6. The minimum Gasteiger partial charge on any atom is -0.506 e. The van der Waals surface area contributed by atoms with Crippen molar-refractivity contribution in [1.29, 1.82) is 0 Å². The molecule has 1 atom stereocenters. The van der Waals surface area contributed by atoms with Gasteiger partial charge in [-0.05, 0) is 62.6 Å². The lowest BCUT2D eigenvalue weighted by molar-refractivity contribution is -0.138. The number of aromatic nitrogens is 2. The number of imidazole rings is 1. The first-order valence-corrected chi connectivity index (χ1v) is 16.8. The van der Waals surface area contributed by atoms with E-state index in [0.717, 1.165) is 56.1 Å². The molecule has 0 spiro atoms. The quantitative estimate of drug-likeness (QED) is 0.361. The van der Waals surface area contributed by atoms with Crippen LogP contribution in [0.4, 0.5) is 18.0 Å². The third-order valence-electron chi connectivity index (χ3n) is 10.0. The average molecular weight is 692 g/mol. The molecule has 4 heterocycles. The van der Waals surface area contributed by atoms with E-state index < -0.39 is 34.6 Å². The number of para-hydroxylation sites is 2. The predicted octanol–water partition coefficient (Wildman–Crippen LogP) is 3.90. The molecule has 2 aromatic carbocycles. The third-order valence-corrected chi connectivity index (χ3v) is 10.3. The highest BCUT2D eigenvalue weighted by Crippen LogP contribution is 2.40. The van der Waals surface area contributed by atoms with Crippen LogP contribution in [0.15, 0.2) is 41.2 Å². The summed E-state index contributed by atoms with van der Waals surface area (Å²) in [5.41, 5.74) is 0.0726. The Morgan fingerprint density at radius 1 is 0.958 bits per heavy atom. The van der Waals surface area contributed by atoms with E-state index in [0.29, 0.717) is 45.1 Å². The summed E-state index contributed by atoms with van der Waals surface area (Å²) in [6.45, 7) is 5.47. The van der Waals surface area contributed by atoms with Crippen molar-refractivity contribution in [2.24, 2.45) is 0 Å². The van der Waals surface area contributed by atoms with Gasteiger partial charge in [-0.25, -0.2) is 9.59 Å². The van der Waals surface area contributed by atoms with E-state index in [1.807, 2.05) is 24.3 Å². The van der Waals surface area contributed by atoms with Gasteiger partial charge in [-0.15, -0.1) is 0 Å². The molecule has 6 rings (SSSR count). The van der Waals surface area contributed by atoms with Gasteiger partial charge in [0.1, 0.15) is 11.8 Å². The van der Waals surface area contributed by atoms with Crippen molar-refractivity contribution in [2.75, 3.05) is 59.4 Å². The summed E-state index contributed by atoms with van der Waals surface area (Å²) < 4.78 is 42.8. The summed E-state index contributed by atoms with van der Waals surface area (Å²) in [7, 11) is 2.10. The van der Waals surface area contributed by atoms with E-state index >= 15 is 0 Å². The number of phenolic OH excluding ortho intramolecular Hbond substituents is 1. The number of alkyl halides is 3. The molecule has 3 saturated heterocycles. The Hall–Kier alpha value is -3.75. The molecule has 0 unspecified atom stereocenters. The zero-order valence-electron chi connectivity index (χ0n) is 26.8. The molecular formula is C33H41ClF3N7O4. The number of phenols is 1. The van der Waals surface area contributed by atoms with Crippen LogP contribution in [0.3, 0.4) is 0 Å². The number of hydrogen-bond donors (Lipinski definition) is 3. The zero-order chi connectivity index (χ0) is 34.2. The van der Waals surface area contributed by atoms with Gasteiger partial charge in [0.05, 0.1) is 21.6 Å².